The van der Waals surface area contributed by atoms with Crippen molar-refractivity contribution in [2.24, 2.45) is 5.92 Å². The van der Waals surface area contributed by atoms with Crippen LogP contribution >= 0.6 is 0 Å². The zero-order valence-corrected chi connectivity index (χ0v) is 12.7. The average molecular weight is 260 g/mol. The summed E-state index contributed by atoms with van der Waals surface area (Å²) in [4.78, 5) is 2.62. The normalized spacial score (nSPS) is 16.1. The van der Waals surface area contributed by atoms with E-state index in [2.05, 4.69) is 55.3 Å². The Labute approximate surface area is 118 Å². The third-order valence-corrected chi connectivity index (χ3v) is 3.84. The van der Waals surface area contributed by atoms with E-state index in [0.29, 0.717) is 0 Å². The first-order valence-corrected chi connectivity index (χ1v) is 7.71. The predicted molar refractivity (Wildman–Crippen MR) is 82.3 cm³/mol. The molecule has 0 amide bonds. The van der Waals surface area contributed by atoms with E-state index in [0.717, 1.165) is 31.6 Å². The van der Waals surface area contributed by atoms with Crippen molar-refractivity contribution in [1.82, 2.24) is 10.2 Å². The van der Waals surface area contributed by atoms with Crippen molar-refractivity contribution in [3.8, 4) is 0 Å². The van der Waals surface area contributed by atoms with E-state index >= 15 is 0 Å². The van der Waals surface area contributed by atoms with Gasteiger partial charge in [-0.3, -0.25) is 4.90 Å². The molecule has 1 aromatic rings. The van der Waals surface area contributed by atoms with Gasteiger partial charge < -0.3 is 5.32 Å². The molecule has 1 heterocycles. The van der Waals surface area contributed by atoms with Crippen LogP contribution in [0.5, 0.6) is 0 Å². The van der Waals surface area contributed by atoms with E-state index in [-0.39, 0.29) is 0 Å². The fourth-order valence-corrected chi connectivity index (χ4v) is 2.70. The number of benzene rings is 1. The van der Waals surface area contributed by atoms with Crippen LogP contribution in [0.2, 0.25) is 0 Å². The molecule has 0 aromatic heterocycles. The van der Waals surface area contributed by atoms with E-state index in [1.54, 1.807) is 0 Å². The quantitative estimate of drug-likeness (QED) is 0.810. The molecule has 1 aromatic carbocycles. The molecule has 1 aliphatic rings. The van der Waals surface area contributed by atoms with Gasteiger partial charge >= 0.3 is 0 Å². The van der Waals surface area contributed by atoms with Crippen LogP contribution in [0.3, 0.4) is 0 Å². The Morgan fingerprint density at radius 2 is 1.79 bits per heavy atom. The van der Waals surface area contributed by atoms with Gasteiger partial charge in [0.2, 0.25) is 0 Å². The van der Waals surface area contributed by atoms with Gasteiger partial charge in [0.1, 0.15) is 0 Å². The summed E-state index contributed by atoms with van der Waals surface area (Å²) in [7, 11) is 0. The summed E-state index contributed by atoms with van der Waals surface area (Å²) in [5.41, 5.74) is 2.92. The van der Waals surface area contributed by atoms with Gasteiger partial charge in [0.05, 0.1) is 0 Å². The summed E-state index contributed by atoms with van der Waals surface area (Å²) in [5, 5.41) is 3.37. The molecule has 1 aliphatic heterocycles. The average Bonchev–Trinajstić information content (AvgIpc) is 2.29. The molecule has 0 atom stereocenters. The molecule has 0 aliphatic carbocycles. The summed E-state index contributed by atoms with van der Waals surface area (Å²) >= 11 is 0. The van der Waals surface area contributed by atoms with Crippen molar-refractivity contribution < 1.29 is 0 Å². The van der Waals surface area contributed by atoms with E-state index in [1.165, 1.54) is 30.5 Å². The van der Waals surface area contributed by atoms with Gasteiger partial charge in [-0.15, -0.1) is 0 Å². The third-order valence-electron chi connectivity index (χ3n) is 3.84. The Morgan fingerprint density at radius 1 is 1.16 bits per heavy atom. The first-order chi connectivity index (χ1) is 9.19. The lowest BCUT2D eigenvalue weighted by Gasteiger charge is -2.38. The number of hydrogen-bond acceptors (Lipinski definition) is 2. The largest absolute Gasteiger partial charge is 0.314 e. The van der Waals surface area contributed by atoms with Crippen LogP contribution in [-0.4, -0.2) is 30.6 Å². The molecule has 1 fully saturated rings. The monoisotopic (exact) mass is 260 g/mol. The zero-order chi connectivity index (χ0) is 13.7. The Hall–Kier alpha value is -0.860. The van der Waals surface area contributed by atoms with Gasteiger partial charge in [0.25, 0.3) is 0 Å². The first-order valence-electron chi connectivity index (χ1n) is 7.71. The molecule has 0 unspecified atom stereocenters. The maximum absolute atomic E-state index is 3.37. The molecule has 1 N–H and O–H groups in total. The number of nitrogens with zero attached hydrogens (tertiary/aromatic N) is 1. The minimum absolute atomic E-state index is 0.739. The molecule has 19 heavy (non-hydrogen) atoms. The van der Waals surface area contributed by atoms with Crippen molar-refractivity contribution >= 4 is 0 Å². The van der Waals surface area contributed by atoms with Crippen LogP contribution in [0, 0.1) is 5.92 Å². The smallest absolute Gasteiger partial charge is 0.0348 e. The van der Waals surface area contributed by atoms with Crippen molar-refractivity contribution in [3.63, 3.8) is 0 Å². The molecule has 0 radical (unpaired) electrons. The topological polar surface area (TPSA) is 15.3 Å². The SMILES string of the molecule is CCCN(Cc1ccc(CC(C)C)cc1)C1CNC1. The van der Waals surface area contributed by atoms with Crippen LogP contribution in [0.4, 0.5) is 0 Å². The summed E-state index contributed by atoms with van der Waals surface area (Å²) in [6.45, 7) is 11.4. The maximum Gasteiger partial charge on any atom is 0.0348 e. The molecule has 2 heteroatoms. The van der Waals surface area contributed by atoms with Gasteiger partial charge in [-0.2, -0.15) is 0 Å². The van der Waals surface area contributed by atoms with E-state index in [4.69, 9.17) is 0 Å². The lowest BCUT2D eigenvalue weighted by Crippen LogP contribution is -2.56. The number of rotatable bonds is 7. The molecular weight excluding hydrogens is 232 g/mol. The van der Waals surface area contributed by atoms with Crippen molar-refractivity contribution in [1.29, 1.82) is 0 Å². The fourth-order valence-electron chi connectivity index (χ4n) is 2.70. The lowest BCUT2D eigenvalue weighted by molar-refractivity contribution is 0.138. The predicted octanol–water partition coefficient (Wildman–Crippen LogP) is 3.07. The van der Waals surface area contributed by atoms with Crippen molar-refractivity contribution in [3.05, 3.63) is 35.4 Å². The first kappa shape index (κ1) is 14.5. The molecule has 2 nitrogen and oxygen atoms in total. The van der Waals surface area contributed by atoms with E-state index in [9.17, 15) is 0 Å². The third kappa shape index (κ3) is 4.32. The summed E-state index contributed by atoms with van der Waals surface area (Å²) in [6, 6.07) is 9.98. The Morgan fingerprint density at radius 3 is 2.26 bits per heavy atom. The van der Waals surface area contributed by atoms with Crippen molar-refractivity contribution in [2.45, 2.75) is 46.2 Å². The Kier molecular flexibility index (Phi) is 5.41. The van der Waals surface area contributed by atoms with E-state index < -0.39 is 0 Å². The Balaban J connectivity index is 1.92. The second-order valence-corrected chi connectivity index (χ2v) is 6.20. The Bertz CT molecular complexity index is 365. The van der Waals surface area contributed by atoms with Gasteiger partial charge in [0, 0.05) is 25.7 Å². The summed E-state index contributed by atoms with van der Waals surface area (Å²) in [5.74, 6) is 0.739. The molecule has 1 saturated heterocycles. The van der Waals surface area contributed by atoms with Crippen LogP contribution in [0.15, 0.2) is 24.3 Å². The molecular formula is C17H28N2. The number of nitrogens with one attached hydrogen (secondary N) is 1. The highest BCUT2D eigenvalue weighted by molar-refractivity contribution is 5.23. The molecule has 0 saturated carbocycles. The van der Waals surface area contributed by atoms with Gasteiger partial charge in [0.15, 0.2) is 0 Å². The molecule has 2 rings (SSSR count). The number of hydrogen-bond donors (Lipinski definition) is 1. The van der Waals surface area contributed by atoms with Gasteiger partial charge in [-0.05, 0) is 36.4 Å². The molecule has 106 valence electrons. The van der Waals surface area contributed by atoms with Crippen LogP contribution in [-0.2, 0) is 13.0 Å². The standard InChI is InChI=1S/C17H28N2/c1-4-9-19(17-11-18-12-17)13-16-7-5-15(6-8-16)10-14(2)3/h5-8,14,17-18H,4,9-13H2,1-3H3. The highest BCUT2D eigenvalue weighted by Crippen LogP contribution is 2.14. The highest BCUT2D eigenvalue weighted by Gasteiger charge is 2.23. The molecule has 0 spiro atoms. The molecule has 0 bridgehead atoms. The zero-order valence-electron chi connectivity index (χ0n) is 12.7. The lowest BCUT2D eigenvalue weighted by atomic mass is 10.0. The second kappa shape index (κ2) is 7.06. The van der Waals surface area contributed by atoms with Crippen LogP contribution in [0.25, 0.3) is 0 Å². The minimum Gasteiger partial charge on any atom is -0.314 e. The summed E-state index contributed by atoms with van der Waals surface area (Å²) in [6.07, 6.45) is 2.42. The highest BCUT2D eigenvalue weighted by atomic mass is 15.2. The van der Waals surface area contributed by atoms with Gasteiger partial charge in [-0.25, -0.2) is 0 Å². The van der Waals surface area contributed by atoms with Crippen LogP contribution in [0.1, 0.15) is 38.3 Å². The van der Waals surface area contributed by atoms with E-state index in [1.807, 2.05) is 0 Å². The van der Waals surface area contributed by atoms with Crippen molar-refractivity contribution in [2.75, 3.05) is 19.6 Å². The fraction of sp³-hybridized carbons (Fsp3) is 0.647. The minimum atomic E-state index is 0.739. The van der Waals surface area contributed by atoms with Gasteiger partial charge in [-0.1, -0.05) is 45.0 Å². The second-order valence-electron chi connectivity index (χ2n) is 6.20. The summed E-state index contributed by atoms with van der Waals surface area (Å²) < 4.78 is 0. The van der Waals surface area contributed by atoms with Crippen LogP contribution < -0.4 is 5.32 Å². The maximum atomic E-state index is 3.37.